The van der Waals surface area contributed by atoms with E-state index in [1.807, 2.05) is 25.2 Å². The number of nitrogens with one attached hydrogen (secondary N) is 1. The molecule has 3 heteroatoms. The van der Waals surface area contributed by atoms with Crippen LogP contribution in [0, 0.1) is 0 Å². The van der Waals surface area contributed by atoms with E-state index >= 15 is 0 Å². The van der Waals surface area contributed by atoms with Gasteiger partial charge in [-0.2, -0.15) is 0 Å². The van der Waals surface area contributed by atoms with Gasteiger partial charge in [0.15, 0.2) is 0 Å². The maximum absolute atomic E-state index is 6.14. The lowest BCUT2D eigenvalue weighted by Gasteiger charge is -2.08. The van der Waals surface area contributed by atoms with Gasteiger partial charge in [0, 0.05) is 5.02 Å². The van der Waals surface area contributed by atoms with Crippen LogP contribution in [0.25, 0.3) is 0 Å². The van der Waals surface area contributed by atoms with Gasteiger partial charge in [0.05, 0.1) is 6.61 Å². The van der Waals surface area contributed by atoms with E-state index in [0.717, 1.165) is 42.3 Å². The average molecular weight is 228 g/mol. The van der Waals surface area contributed by atoms with Crippen molar-refractivity contribution < 1.29 is 4.74 Å². The smallest absolute Gasteiger partial charge is 0.120 e. The molecule has 0 aromatic heterocycles. The molecule has 84 valence electrons. The minimum Gasteiger partial charge on any atom is -0.494 e. The molecule has 0 radical (unpaired) electrons. The van der Waals surface area contributed by atoms with Crippen LogP contribution in [-0.4, -0.2) is 20.2 Å². The number of ether oxygens (including phenoxy) is 1. The Balaban J connectivity index is 2.61. The molecule has 0 saturated heterocycles. The van der Waals surface area contributed by atoms with Crippen LogP contribution in [0.15, 0.2) is 18.2 Å². The lowest BCUT2D eigenvalue weighted by Crippen LogP contribution is -2.10. The molecule has 0 spiro atoms. The molecule has 0 bridgehead atoms. The van der Waals surface area contributed by atoms with E-state index in [1.165, 1.54) is 0 Å². The number of benzene rings is 1. The second-order valence-electron chi connectivity index (χ2n) is 3.46. The SMILES string of the molecule is CCCOc1ccc(CCNC)c(Cl)c1. The fourth-order valence-corrected chi connectivity index (χ4v) is 1.57. The maximum atomic E-state index is 6.14. The Morgan fingerprint density at radius 3 is 2.80 bits per heavy atom. The first-order valence-electron chi connectivity index (χ1n) is 5.33. The van der Waals surface area contributed by atoms with Gasteiger partial charge in [-0.25, -0.2) is 0 Å². The first-order valence-corrected chi connectivity index (χ1v) is 5.71. The molecule has 0 aliphatic rings. The molecule has 0 unspecified atom stereocenters. The van der Waals surface area contributed by atoms with Crippen molar-refractivity contribution >= 4 is 11.6 Å². The lowest BCUT2D eigenvalue weighted by molar-refractivity contribution is 0.317. The van der Waals surface area contributed by atoms with Crippen molar-refractivity contribution in [2.45, 2.75) is 19.8 Å². The second-order valence-corrected chi connectivity index (χ2v) is 3.86. The molecule has 0 heterocycles. The second kappa shape index (κ2) is 6.70. The number of hydrogen-bond acceptors (Lipinski definition) is 2. The van der Waals surface area contributed by atoms with Crippen LogP contribution in [0.4, 0.5) is 0 Å². The summed E-state index contributed by atoms with van der Waals surface area (Å²) in [4.78, 5) is 0. The standard InChI is InChI=1S/C12H18ClNO/c1-3-8-15-11-5-4-10(6-7-14-2)12(13)9-11/h4-5,9,14H,3,6-8H2,1-2H3. The summed E-state index contributed by atoms with van der Waals surface area (Å²) in [5.74, 6) is 0.857. The van der Waals surface area contributed by atoms with Gasteiger partial charge in [0.1, 0.15) is 5.75 Å². The molecular weight excluding hydrogens is 210 g/mol. The molecule has 2 nitrogen and oxygen atoms in total. The van der Waals surface area contributed by atoms with Gasteiger partial charge < -0.3 is 10.1 Å². The zero-order valence-electron chi connectivity index (χ0n) is 9.35. The normalized spacial score (nSPS) is 10.3. The van der Waals surface area contributed by atoms with Gasteiger partial charge in [-0.15, -0.1) is 0 Å². The molecule has 1 N–H and O–H groups in total. The van der Waals surface area contributed by atoms with Crippen molar-refractivity contribution in [2.75, 3.05) is 20.2 Å². The molecular formula is C12H18ClNO. The van der Waals surface area contributed by atoms with Gasteiger partial charge in [0.2, 0.25) is 0 Å². The Morgan fingerprint density at radius 2 is 2.20 bits per heavy atom. The van der Waals surface area contributed by atoms with Gasteiger partial charge in [0.25, 0.3) is 0 Å². The number of likely N-dealkylation sites (N-methyl/N-ethyl adjacent to an activating group) is 1. The highest BCUT2D eigenvalue weighted by Crippen LogP contribution is 2.22. The van der Waals surface area contributed by atoms with E-state index < -0.39 is 0 Å². The Labute approximate surface area is 96.6 Å². The molecule has 1 aromatic rings. The predicted octanol–water partition coefficient (Wildman–Crippen LogP) is 2.89. The van der Waals surface area contributed by atoms with Gasteiger partial charge in [-0.1, -0.05) is 24.6 Å². The zero-order valence-corrected chi connectivity index (χ0v) is 10.1. The van der Waals surface area contributed by atoms with Crippen molar-refractivity contribution in [3.63, 3.8) is 0 Å². The zero-order chi connectivity index (χ0) is 11.1. The molecule has 0 aliphatic heterocycles. The molecule has 15 heavy (non-hydrogen) atoms. The molecule has 0 aliphatic carbocycles. The third kappa shape index (κ3) is 4.10. The molecule has 0 amide bonds. The van der Waals surface area contributed by atoms with Crippen LogP contribution in [0.5, 0.6) is 5.75 Å². The first kappa shape index (κ1) is 12.3. The fourth-order valence-electron chi connectivity index (χ4n) is 1.30. The molecule has 0 fully saturated rings. The lowest BCUT2D eigenvalue weighted by atomic mass is 10.1. The van der Waals surface area contributed by atoms with E-state index in [2.05, 4.69) is 12.2 Å². The van der Waals surface area contributed by atoms with E-state index in [-0.39, 0.29) is 0 Å². The highest BCUT2D eigenvalue weighted by Gasteiger charge is 2.01. The van der Waals surface area contributed by atoms with Crippen molar-refractivity contribution in [3.05, 3.63) is 28.8 Å². The number of halogens is 1. The minimum absolute atomic E-state index is 0.742. The summed E-state index contributed by atoms with van der Waals surface area (Å²) < 4.78 is 5.50. The van der Waals surface area contributed by atoms with Crippen LogP contribution in [0.1, 0.15) is 18.9 Å². The van der Waals surface area contributed by atoms with E-state index in [9.17, 15) is 0 Å². The Hall–Kier alpha value is -0.730. The fraction of sp³-hybridized carbons (Fsp3) is 0.500. The quantitative estimate of drug-likeness (QED) is 0.807. The summed E-state index contributed by atoms with van der Waals surface area (Å²) in [5, 5.41) is 3.89. The number of hydrogen-bond donors (Lipinski definition) is 1. The first-order chi connectivity index (χ1) is 7.27. The summed E-state index contributed by atoms with van der Waals surface area (Å²) in [5.41, 5.74) is 1.16. The van der Waals surface area contributed by atoms with Crippen LogP contribution in [-0.2, 0) is 6.42 Å². The third-order valence-corrected chi connectivity index (χ3v) is 2.49. The van der Waals surface area contributed by atoms with E-state index in [1.54, 1.807) is 0 Å². The summed E-state index contributed by atoms with van der Waals surface area (Å²) >= 11 is 6.14. The van der Waals surface area contributed by atoms with Crippen LogP contribution in [0.2, 0.25) is 5.02 Å². The van der Waals surface area contributed by atoms with Crippen LogP contribution < -0.4 is 10.1 Å². The topological polar surface area (TPSA) is 21.3 Å². The molecule has 0 saturated carbocycles. The maximum Gasteiger partial charge on any atom is 0.120 e. The monoisotopic (exact) mass is 227 g/mol. The highest BCUT2D eigenvalue weighted by atomic mass is 35.5. The summed E-state index contributed by atoms with van der Waals surface area (Å²) in [6, 6.07) is 5.90. The Bertz CT molecular complexity index is 302. The number of rotatable bonds is 6. The highest BCUT2D eigenvalue weighted by molar-refractivity contribution is 6.31. The summed E-state index contributed by atoms with van der Waals surface area (Å²) in [6.45, 7) is 3.77. The van der Waals surface area contributed by atoms with Crippen molar-refractivity contribution in [2.24, 2.45) is 0 Å². The van der Waals surface area contributed by atoms with Gasteiger partial charge in [-0.3, -0.25) is 0 Å². The summed E-state index contributed by atoms with van der Waals surface area (Å²) in [7, 11) is 1.94. The van der Waals surface area contributed by atoms with Gasteiger partial charge in [-0.05, 0) is 44.1 Å². The van der Waals surface area contributed by atoms with Crippen LogP contribution >= 0.6 is 11.6 Å². The van der Waals surface area contributed by atoms with E-state index in [0.29, 0.717) is 0 Å². The Morgan fingerprint density at radius 1 is 1.40 bits per heavy atom. The largest absolute Gasteiger partial charge is 0.494 e. The van der Waals surface area contributed by atoms with Gasteiger partial charge >= 0.3 is 0 Å². The van der Waals surface area contributed by atoms with Crippen molar-refractivity contribution in [1.29, 1.82) is 0 Å². The summed E-state index contributed by atoms with van der Waals surface area (Å²) in [6.07, 6.45) is 1.96. The molecule has 1 aromatic carbocycles. The van der Waals surface area contributed by atoms with Crippen molar-refractivity contribution in [3.8, 4) is 5.75 Å². The predicted molar refractivity (Wildman–Crippen MR) is 64.9 cm³/mol. The minimum atomic E-state index is 0.742. The third-order valence-electron chi connectivity index (χ3n) is 2.14. The van der Waals surface area contributed by atoms with E-state index in [4.69, 9.17) is 16.3 Å². The molecule has 0 atom stereocenters. The van der Waals surface area contributed by atoms with Crippen LogP contribution in [0.3, 0.4) is 0 Å². The Kier molecular flexibility index (Phi) is 5.51. The average Bonchev–Trinajstić information content (AvgIpc) is 2.25. The van der Waals surface area contributed by atoms with Crippen molar-refractivity contribution in [1.82, 2.24) is 5.32 Å². The molecule has 1 rings (SSSR count).